The van der Waals surface area contributed by atoms with E-state index in [1.54, 1.807) is 24.3 Å². The molecule has 0 unspecified atom stereocenters. The van der Waals surface area contributed by atoms with Gasteiger partial charge in [-0.15, -0.1) is 5.10 Å². The molecule has 0 saturated carbocycles. The van der Waals surface area contributed by atoms with Gasteiger partial charge in [0, 0.05) is 0 Å². The lowest BCUT2D eigenvalue weighted by molar-refractivity contribution is 0.949. The van der Waals surface area contributed by atoms with Crippen LogP contribution in [0, 0.1) is 0 Å². The van der Waals surface area contributed by atoms with Gasteiger partial charge in [-0.05, 0) is 12.1 Å². The zero-order chi connectivity index (χ0) is 9.26. The molecule has 2 rings (SSSR count). The first-order chi connectivity index (χ1) is 6.27. The van der Waals surface area contributed by atoms with E-state index in [-0.39, 0.29) is 0 Å². The Kier molecular flexibility index (Phi) is 1.63. The Morgan fingerprint density at radius 3 is 2.69 bits per heavy atom. The lowest BCUT2D eigenvalue weighted by atomic mass is 10.2. The maximum atomic E-state index is 11.2. The van der Waals surface area contributed by atoms with Gasteiger partial charge in [0.05, 0.1) is 10.9 Å². The van der Waals surface area contributed by atoms with E-state index in [9.17, 15) is 9.59 Å². The second-order valence-electron chi connectivity index (χ2n) is 2.48. The zero-order valence-corrected chi connectivity index (χ0v) is 6.52. The third kappa shape index (κ3) is 1.31. The number of hydrogen-bond donors (Lipinski definition) is 1. The molecule has 0 saturated heterocycles. The van der Waals surface area contributed by atoms with Crippen LogP contribution in [0.25, 0.3) is 10.9 Å². The van der Waals surface area contributed by atoms with Crippen LogP contribution in [0.4, 0.5) is 0 Å². The lowest BCUT2D eigenvalue weighted by Crippen LogP contribution is -2.09. The standard InChI is InChI=1S/C8H5N3O2/c12-7-5-3-1-2-4-6(5)9-8(13)11-10-7/h1-4H,(H,9,13). The Morgan fingerprint density at radius 1 is 1.08 bits per heavy atom. The van der Waals surface area contributed by atoms with Gasteiger partial charge < -0.3 is 4.98 Å². The fourth-order valence-corrected chi connectivity index (χ4v) is 1.06. The predicted molar refractivity (Wildman–Crippen MR) is 46.4 cm³/mol. The maximum Gasteiger partial charge on any atom is 0.364 e. The van der Waals surface area contributed by atoms with Crippen molar-refractivity contribution in [1.29, 1.82) is 0 Å². The van der Waals surface area contributed by atoms with Crippen LogP contribution >= 0.6 is 0 Å². The number of aromatic nitrogens is 3. The highest BCUT2D eigenvalue weighted by Crippen LogP contribution is 2.00. The molecule has 13 heavy (non-hydrogen) atoms. The topological polar surface area (TPSA) is 75.7 Å². The molecule has 64 valence electrons. The zero-order valence-electron chi connectivity index (χ0n) is 6.52. The molecule has 0 amide bonds. The summed E-state index contributed by atoms with van der Waals surface area (Å²) in [4.78, 5) is 24.5. The number of hydrogen-bond acceptors (Lipinski definition) is 4. The molecule has 0 radical (unpaired) electrons. The summed E-state index contributed by atoms with van der Waals surface area (Å²) in [5.74, 6) is 0. The highest BCUT2D eigenvalue weighted by atomic mass is 16.2. The van der Waals surface area contributed by atoms with Gasteiger partial charge in [0.2, 0.25) is 0 Å². The third-order valence-corrected chi connectivity index (χ3v) is 1.63. The van der Waals surface area contributed by atoms with Crippen LogP contribution in [0.2, 0.25) is 0 Å². The van der Waals surface area contributed by atoms with Crippen LogP contribution in [0.15, 0.2) is 33.9 Å². The monoisotopic (exact) mass is 175 g/mol. The van der Waals surface area contributed by atoms with E-state index in [0.29, 0.717) is 10.9 Å². The Morgan fingerprint density at radius 2 is 1.85 bits per heavy atom. The summed E-state index contributed by atoms with van der Waals surface area (Å²) in [5, 5.41) is 6.72. The second kappa shape index (κ2) is 2.78. The molecule has 0 aliphatic heterocycles. The molecule has 1 aromatic heterocycles. The Balaban J connectivity index is 3.13. The Labute approximate surface area is 72.1 Å². The SMILES string of the molecule is O=c1nnc(=O)c2ccccc2[nH]1. The Bertz CT molecular complexity index is 562. The van der Waals surface area contributed by atoms with Gasteiger partial charge in [-0.3, -0.25) is 4.79 Å². The number of nitrogens with one attached hydrogen (secondary N) is 1. The molecule has 1 N–H and O–H groups in total. The summed E-state index contributed by atoms with van der Waals surface area (Å²) in [6.07, 6.45) is 0. The van der Waals surface area contributed by atoms with Gasteiger partial charge >= 0.3 is 5.69 Å². The van der Waals surface area contributed by atoms with E-state index in [1.165, 1.54) is 0 Å². The molecule has 0 bridgehead atoms. The van der Waals surface area contributed by atoms with Crippen molar-refractivity contribution >= 4 is 10.9 Å². The van der Waals surface area contributed by atoms with Crippen molar-refractivity contribution in [3.8, 4) is 0 Å². The minimum absolute atomic E-state index is 0.358. The minimum atomic E-state index is -0.627. The molecule has 0 atom stereocenters. The summed E-state index contributed by atoms with van der Waals surface area (Å²) in [6, 6.07) is 6.63. The smallest absolute Gasteiger partial charge is 0.304 e. The Hall–Kier alpha value is -2.04. The van der Waals surface area contributed by atoms with E-state index in [1.807, 2.05) is 0 Å². The summed E-state index contributed by atoms with van der Waals surface area (Å²) >= 11 is 0. The first kappa shape index (κ1) is 7.60. The molecule has 1 heterocycles. The van der Waals surface area contributed by atoms with Crippen molar-refractivity contribution < 1.29 is 0 Å². The van der Waals surface area contributed by atoms with Gasteiger partial charge in [-0.1, -0.05) is 17.2 Å². The predicted octanol–water partition coefficient (Wildman–Crippen LogP) is -0.322. The van der Waals surface area contributed by atoms with Gasteiger partial charge in [-0.2, -0.15) is 0 Å². The summed E-state index contributed by atoms with van der Waals surface area (Å²) in [5.41, 5.74) is -0.685. The van der Waals surface area contributed by atoms with Crippen LogP contribution in [-0.4, -0.2) is 15.2 Å². The average molecular weight is 175 g/mol. The van der Waals surface area contributed by atoms with E-state index in [4.69, 9.17) is 0 Å². The number of nitrogens with zero attached hydrogens (tertiary/aromatic N) is 2. The first-order valence-electron chi connectivity index (χ1n) is 3.63. The second-order valence-corrected chi connectivity index (χ2v) is 2.48. The number of H-pyrrole nitrogens is 1. The van der Waals surface area contributed by atoms with Crippen LogP contribution < -0.4 is 11.2 Å². The molecule has 1 aromatic carbocycles. The van der Waals surface area contributed by atoms with Crippen molar-refractivity contribution in [2.24, 2.45) is 0 Å². The average Bonchev–Trinajstić information content (AvgIpc) is 2.27. The normalized spacial score (nSPS) is 10.2. The number of para-hydroxylation sites is 1. The third-order valence-electron chi connectivity index (χ3n) is 1.63. The number of rotatable bonds is 0. The molecule has 2 aromatic rings. The van der Waals surface area contributed by atoms with E-state index >= 15 is 0 Å². The summed E-state index contributed by atoms with van der Waals surface area (Å²) in [7, 11) is 0. The van der Waals surface area contributed by atoms with Crippen molar-refractivity contribution in [3.63, 3.8) is 0 Å². The summed E-state index contributed by atoms with van der Waals surface area (Å²) in [6.45, 7) is 0. The van der Waals surface area contributed by atoms with E-state index in [0.717, 1.165) is 0 Å². The highest BCUT2D eigenvalue weighted by molar-refractivity contribution is 5.76. The molecule has 5 heteroatoms. The molecule has 0 aliphatic rings. The van der Waals surface area contributed by atoms with Crippen LogP contribution in [0.1, 0.15) is 0 Å². The van der Waals surface area contributed by atoms with Crippen LogP contribution in [-0.2, 0) is 0 Å². The minimum Gasteiger partial charge on any atom is -0.304 e. The molecule has 0 fully saturated rings. The number of aromatic amines is 1. The van der Waals surface area contributed by atoms with E-state index < -0.39 is 11.2 Å². The van der Waals surface area contributed by atoms with Gasteiger partial charge in [0.1, 0.15) is 0 Å². The fraction of sp³-hybridized carbons (Fsp3) is 0. The molecular formula is C8H5N3O2. The van der Waals surface area contributed by atoms with Gasteiger partial charge in [-0.25, -0.2) is 4.79 Å². The van der Waals surface area contributed by atoms with Crippen molar-refractivity contribution in [2.45, 2.75) is 0 Å². The quantitative estimate of drug-likeness (QED) is 0.595. The molecular weight excluding hydrogens is 170 g/mol. The molecule has 0 aliphatic carbocycles. The highest BCUT2D eigenvalue weighted by Gasteiger charge is 1.96. The summed E-state index contributed by atoms with van der Waals surface area (Å²) < 4.78 is 0. The largest absolute Gasteiger partial charge is 0.364 e. The molecule has 0 spiro atoms. The van der Waals surface area contributed by atoms with Crippen LogP contribution in [0.5, 0.6) is 0 Å². The van der Waals surface area contributed by atoms with Gasteiger partial charge in [0.15, 0.2) is 0 Å². The van der Waals surface area contributed by atoms with Crippen molar-refractivity contribution in [2.75, 3.05) is 0 Å². The van der Waals surface area contributed by atoms with Crippen LogP contribution in [0.3, 0.4) is 0 Å². The number of fused-ring (bicyclic) bond motifs is 1. The van der Waals surface area contributed by atoms with Crippen molar-refractivity contribution in [1.82, 2.24) is 15.2 Å². The maximum absolute atomic E-state index is 11.2. The number of benzene rings is 1. The van der Waals surface area contributed by atoms with Gasteiger partial charge in [0.25, 0.3) is 5.56 Å². The fourth-order valence-electron chi connectivity index (χ4n) is 1.06. The van der Waals surface area contributed by atoms with Crippen molar-refractivity contribution in [3.05, 3.63) is 45.1 Å². The van der Waals surface area contributed by atoms with E-state index in [2.05, 4.69) is 15.2 Å². The first-order valence-corrected chi connectivity index (χ1v) is 3.63. The molecule has 5 nitrogen and oxygen atoms in total. The lowest BCUT2D eigenvalue weighted by Gasteiger charge is -1.85.